The van der Waals surface area contributed by atoms with E-state index in [4.69, 9.17) is 9.47 Å². The molecule has 5 heteroatoms. The molecule has 2 saturated heterocycles. The molecule has 0 radical (unpaired) electrons. The summed E-state index contributed by atoms with van der Waals surface area (Å²) in [5, 5.41) is 19.2. The highest BCUT2D eigenvalue weighted by Crippen LogP contribution is 2.34. The maximum absolute atomic E-state index is 11.1. The fourth-order valence-electron chi connectivity index (χ4n) is 1.81. The van der Waals surface area contributed by atoms with Gasteiger partial charge in [0.1, 0.15) is 18.3 Å². The Bertz CT molecular complexity index is 241. The monoisotopic (exact) mass is 188 g/mol. The summed E-state index contributed by atoms with van der Waals surface area (Å²) in [4.78, 5) is 11.1. The summed E-state index contributed by atoms with van der Waals surface area (Å²) in [6.45, 7) is 1.32. The maximum Gasteiger partial charge on any atom is 0.174 e. The van der Waals surface area contributed by atoms with Crippen molar-refractivity contribution in [2.75, 3.05) is 13.2 Å². The predicted molar refractivity (Wildman–Crippen MR) is 41.1 cm³/mol. The SMILES string of the molecule is CC(=O)[C@]1(O)CO[C@@H]2C(O)CO[C@@H]21. The molecule has 0 amide bonds. The summed E-state index contributed by atoms with van der Waals surface area (Å²) in [7, 11) is 0. The molecular formula is C8H12O5. The van der Waals surface area contributed by atoms with Gasteiger partial charge in [-0.1, -0.05) is 0 Å². The number of ether oxygens (including phenoxy) is 2. The van der Waals surface area contributed by atoms with Crippen molar-refractivity contribution in [1.82, 2.24) is 0 Å². The zero-order chi connectivity index (χ0) is 9.64. The molecule has 13 heavy (non-hydrogen) atoms. The van der Waals surface area contributed by atoms with E-state index >= 15 is 0 Å². The average molecular weight is 188 g/mol. The summed E-state index contributed by atoms with van der Waals surface area (Å²) >= 11 is 0. The number of ketones is 1. The number of Topliss-reactive ketones (excluding diaryl/α,β-unsaturated/α-hetero) is 1. The van der Waals surface area contributed by atoms with Gasteiger partial charge in [0.2, 0.25) is 0 Å². The Morgan fingerprint density at radius 1 is 1.54 bits per heavy atom. The number of aliphatic hydroxyl groups excluding tert-OH is 1. The van der Waals surface area contributed by atoms with Gasteiger partial charge in [-0.25, -0.2) is 0 Å². The quantitative estimate of drug-likeness (QED) is 0.522. The Balaban J connectivity index is 2.23. The Labute approximate surface area is 75.3 Å². The highest BCUT2D eigenvalue weighted by Gasteiger charge is 2.58. The van der Waals surface area contributed by atoms with Crippen molar-refractivity contribution in [2.24, 2.45) is 0 Å². The van der Waals surface area contributed by atoms with E-state index in [0.29, 0.717) is 0 Å². The highest BCUT2D eigenvalue weighted by atomic mass is 16.6. The van der Waals surface area contributed by atoms with Crippen LogP contribution in [0.5, 0.6) is 0 Å². The van der Waals surface area contributed by atoms with E-state index in [2.05, 4.69) is 0 Å². The fraction of sp³-hybridized carbons (Fsp3) is 0.875. The Morgan fingerprint density at radius 2 is 2.23 bits per heavy atom. The normalized spacial score (nSPS) is 49.3. The molecule has 74 valence electrons. The average Bonchev–Trinajstić information content (AvgIpc) is 2.57. The second-order valence-electron chi connectivity index (χ2n) is 3.58. The molecule has 0 aromatic heterocycles. The van der Waals surface area contributed by atoms with Crippen LogP contribution in [0, 0.1) is 0 Å². The van der Waals surface area contributed by atoms with Crippen LogP contribution in [0.4, 0.5) is 0 Å². The van der Waals surface area contributed by atoms with E-state index in [0.717, 1.165) is 0 Å². The van der Waals surface area contributed by atoms with Crippen LogP contribution in [0.2, 0.25) is 0 Å². The summed E-state index contributed by atoms with van der Waals surface area (Å²) in [5.74, 6) is -0.380. The molecule has 2 N–H and O–H groups in total. The molecule has 0 saturated carbocycles. The minimum Gasteiger partial charge on any atom is -0.388 e. The fourth-order valence-corrected chi connectivity index (χ4v) is 1.81. The van der Waals surface area contributed by atoms with Crippen molar-refractivity contribution in [3.63, 3.8) is 0 Å². The molecule has 0 spiro atoms. The minimum atomic E-state index is -1.57. The van der Waals surface area contributed by atoms with Crippen LogP contribution in [0.1, 0.15) is 6.92 Å². The molecule has 2 rings (SSSR count). The zero-order valence-corrected chi connectivity index (χ0v) is 7.27. The molecule has 1 unspecified atom stereocenters. The van der Waals surface area contributed by atoms with E-state index in [1.54, 1.807) is 0 Å². The number of rotatable bonds is 1. The molecule has 2 heterocycles. The first-order valence-corrected chi connectivity index (χ1v) is 4.20. The molecule has 0 aromatic rings. The Morgan fingerprint density at radius 3 is 2.85 bits per heavy atom. The summed E-state index contributed by atoms with van der Waals surface area (Å²) < 4.78 is 10.2. The van der Waals surface area contributed by atoms with Crippen LogP contribution >= 0.6 is 0 Å². The van der Waals surface area contributed by atoms with Gasteiger partial charge in [-0.15, -0.1) is 0 Å². The lowest BCUT2D eigenvalue weighted by Gasteiger charge is -2.22. The van der Waals surface area contributed by atoms with Crippen LogP contribution in [-0.2, 0) is 14.3 Å². The molecule has 0 aliphatic carbocycles. The number of carbonyl (C=O) groups is 1. The van der Waals surface area contributed by atoms with E-state index < -0.39 is 23.9 Å². The van der Waals surface area contributed by atoms with E-state index in [1.807, 2.05) is 0 Å². The lowest BCUT2D eigenvalue weighted by Crippen LogP contribution is -2.49. The molecule has 5 nitrogen and oxygen atoms in total. The third kappa shape index (κ3) is 1.12. The van der Waals surface area contributed by atoms with Gasteiger partial charge in [0.05, 0.1) is 13.2 Å². The van der Waals surface area contributed by atoms with Gasteiger partial charge in [-0.2, -0.15) is 0 Å². The molecule has 2 fully saturated rings. The van der Waals surface area contributed by atoms with Crippen molar-refractivity contribution >= 4 is 5.78 Å². The third-order valence-corrected chi connectivity index (χ3v) is 2.70. The van der Waals surface area contributed by atoms with Crippen molar-refractivity contribution in [3.05, 3.63) is 0 Å². The van der Waals surface area contributed by atoms with Gasteiger partial charge in [0, 0.05) is 0 Å². The van der Waals surface area contributed by atoms with Crippen molar-refractivity contribution in [2.45, 2.75) is 30.8 Å². The molecule has 4 atom stereocenters. The van der Waals surface area contributed by atoms with Crippen LogP contribution in [0.3, 0.4) is 0 Å². The van der Waals surface area contributed by atoms with Gasteiger partial charge >= 0.3 is 0 Å². The third-order valence-electron chi connectivity index (χ3n) is 2.70. The van der Waals surface area contributed by atoms with Gasteiger partial charge in [0.25, 0.3) is 0 Å². The van der Waals surface area contributed by atoms with Crippen LogP contribution in [0.25, 0.3) is 0 Å². The van der Waals surface area contributed by atoms with Gasteiger partial charge in [-0.05, 0) is 6.92 Å². The summed E-state index contributed by atoms with van der Waals surface area (Å²) in [5.41, 5.74) is -1.57. The Hall–Kier alpha value is -0.490. The number of fused-ring (bicyclic) bond motifs is 1. The molecule has 2 aliphatic rings. The van der Waals surface area contributed by atoms with Gasteiger partial charge in [-0.3, -0.25) is 4.79 Å². The molecule has 0 aromatic carbocycles. The molecular weight excluding hydrogens is 176 g/mol. The lowest BCUT2D eigenvalue weighted by molar-refractivity contribution is -0.145. The number of hydrogen-bond acceptors (Lipinski definition) is 5. The van der Waals surface area contributed by atoms with E-state index in [9.17, 15) is 15.0 Å². The number of aliphatic hydroxyl groups is 2. The van der Waals surface area contributed by atoms with Crippen molar-refractivity contribution in [3.8, 4) is 0 Å². The topological polar surface area (TPSA) is 76.0 Å². The number of hydrogen-bond donors (Lipinski definition) is 2. The second-order valence-corrected chi connectivity index (χ2v) is 3.58. The van der Waals surface area contributed by atoms with Crippen LogP contribution in [-0.4, -0.2) is 53.1 Å². The van der Waals surface area contributed by atoms with E-state index in [1.165, 1.54) is 6.92 Å². The highest BCUT2D eigenvalue weighted by molar-refractivity contribution is 5.86. The first-order valence-electron chi connectivity index (χ1n) is 4.20. The zero-order valence-electron chi connectivity index (χ0n) is 7.27. The maximum atomic E-state index is 11.1. The Kier molecular flexibility index (Phi) is 1.92. The minimum absolute atomic E-state index is 0.0886. The first kappa shape index (κ1) is 9.08. The van der Waals surface area contributed by atoms with Crippen molar-refractivity contribution < 1.29 is 24.5 Å². The van der Waals surface area contributed by atoms with Gasteiger partial charge < -0.3 is 19.7 Å². The molecule has 2 aliphatic heterocycles. The second kappa shape index (κ2) is 2.75. The van der Waals surface area contributed by atoms with Crippen LogP contribution in [0.15, 0.2) is 0 Å². The largest absolute Gasteiger partial charge is 0.388 e. The predicted octanol–water partition coefficient (Wildman–Crippen LogP) is -1.54. The van der Waals surface area contributed by atoms with E-state index in [-0.39, 0.29) is 19.0 Å². The van der Waals surface area contributed by atoms with Crippen molar-refractivity contribution in [1.29, 1.82) is 0 Å². The first-order chi connectivity index (χ1) is 6.05. The summed E-state index contributed by atoms with van der Waals surface area (Å²) in [6.07, 6.45) is -2.01. The number of carbonyl (C=O) groups excluding carboxylic acids is 1. The van der Waals surface area contributed by atoms with Crippen LogP contribution < -0.4 is 0 Å². The standard InChI is InChI=1S/C8H12O5/c1-4(9)8(11)3-13-6-5(10)2-12-7(6)8/h5-7,10-11H,2-3H2,1H3/t5?,6-,7+,8-/m1/s1. The smallest absolute Gasteiger partial charge is 0.174 e. The van der Waals surface area contributed by atoms with Gasteiger partial charge in [0.15, 0.2) is 11.4 Å². The summed E-state index contributed by atoms with van der Waals surface area (Å²) in [6, 6.07) is 0. The molecule has 0 bridgehead atoms. The lowest BCUT2D eigenvalue weighted by atomic mass is 9.92.